The summed E-state index contributed by atoms with van der Waals surface area (Å²) < 4.78 is 4.92. The van der Waals surface area contributed by atoms with E-state index in [4.69, 9.17) is 9.84 Å². The fraction of sp³-hybridized carbons (Fsp3) is 0.833. The molecule has 0 bridgehead atoms. The molecule has 1 amide bonds. The molecule has 1 unspecified atom stereocenters. The van der Waals surface area contributed by atoms with Crippen molar-refractivity contribution in [1.82, 2.24) is 5.32 Å². The van der Waals surface area contributed by atoms with Crippen molar-refractivity contribution in [3.8, 4) is 0 Å². The number of carbonyl (C=O) groups excluding carboxylic acids is 1. The molecule has 2 N–H and O–H groups in total. The summed E-state index contributed by atoms with van der Waals surface area (Å²) in [7, 11) is 1.62. The second kappa shape index (κ2) is 7.27. The van der Waals surface area contributed by atoms with Crippen LogP contribution in [0.4, 0.5) is 0 Å². The third-order valence-electron chi connectivity index (χ3n) is 2.43. The van der Waals surface area contributed by atoms with Crippen molar-refractivity contribution in [2.75, 3.05) is 13.7 Å². The van der Waals surface area contributed by atoms with Crippen LogP contribution in [0.1, 0.15) is 40.0 Å². The third kappa shape index (κ3) is 8.68. The van der Waals surface area contributed by atoms with E-state index >= 15 is 0 Å². The molecule has 0 aromatic carbocycles. The lowest BCUT2D eigenvalue weighted by Crippen LogP contribution is -2.36. The van der Waals surface area contributed by atoms with Crippen molar-refractivity contribution in [3.05, 3.63) is 0 Å². The molecule has 0 saturated carbocycles. The highest BCUT2D eigenvalue weighted by Gasteiger charge is 2.25. The molecular formula is C12H23NO4. The van der Waals surface area contributed by atoms with E-state index in [1.54, 1.807) is 21.0 Å². The number of carbonyl (C=O) groups is 2. The van der Waals surface area contributed by atoms with Crippen LogP contribution in [-0.4, -0.2) is 36.7 Å². The Morgan fingerprint density at radius 3 is 2.41 bits per heavy atom. The number of hydrogen-bond acceptors (Lipinski definition) is 3. The van der Waals surface area contributed by atoms with Gasteiger partial charge in [-0.25, -0.2) is 0 Å². The van der Waals surface area contributed by atoms with Crippen molar-refractivity contribution < 1.29 is 19.4 Å². The van der Waals surface area contributed by atoms with Crippen molar-refractivity contribution in [2.24, 2.45) is 5.41 Å². The van der Waals surface area contributed by atoms with Crippen LogP contribution in [0.25, 0.3) is 0 Å². The molecule has 0 aromatic heterocycles. The van der Waals surface area contributed by atoms with Crippen LogP contribution in [0.5, 0.6) is 0 Å². The number of methoxy groups -OCH3 is 1. The summed E-state index contributed by atoms with van der Waals surface area (Å²) in [5.41, 5.74) is -0.517. The zero-order valence-electron chi connectivity index (χ0n) is 11.1. The summed E-state index contributed by atoms with van der Waals surface area (Å²) in [4.78, 5) is 22.3. The number of carboxylic acid groups (broad SMARTS) is 1. The lowest BCUT2D eigenvalue weighted by Gasteiger charge is -2.23. The number of rotatable bonds is 8. The molecule has 0 saturated heterocycles. The summed E-state index contributed by atoms with van der Waals surface area (Å²) >= 11 is 0. The van der Waals surface area contributed by atoms with E-state index in [9.17, 15) is 9.59 Å². The molecule has 17 heavy (non-hydrogen) atoms. The monoisotopic (exact) mass is 245 g/mol. The molecular weight excluding hydrogens is 222 g/mol. The SMILES string of the molecule is COCCC(C)NC(=O)CC(C)(C)CC(=O)O. The topological polar surface area (TPSA) is 75.6 Å². The summed E-state index contributed by atoms with van der Waals surface area (Å²) in [6, 6.07) is 0.0445. The number of carboxylic acids is 1. The minimum absolute atomic E-state index is 0.00707. The Labute approximate surface area is 103 Å². The Bertz CT molecular complexity index is 263. The average Bonchev–Trinajstić information content (AvgIpc) is 2.10. The highest BCUT2D eigenvalue weighted by molar-refractivity contribution is 5.78. The molecule has 0 aromatic rings. The highest BCUT2D eigenvalue weighted by atomic mass is 16.5. The van der Waals surface area contributed by atoms with Gasteiger partial charge in [0.15, 0.2) is 0 Å². The van der Waals surface area contributed by atoms with Crippen LogP contribution < -0.4 is 5.32 Å². The molecule has 0 aliphatic heterocycles. The molecule has 0 spiro atoms. The van der Waals surface area contributed by atoms with Crippen LogP contribution in [0, 0.1) is 5.41 Å². The van der Waals surface area contributed by atoms with E-state index in [0.717, 1.165) is 6.42 Å². The maximum atomic E-state index is 11.7. The van der Waals surface area contributed by atoms with Crippen molar-refractivity contribution >= 4 is 11.9 Å². The van der Waals surface area contributed by atoms with Crippen LogP contribution >= 0.6 is 0 Å². The molecule has 0 heterocycles. The fourth-order valence-electron chi connectivity index (χ4n) is 1.60. The van der Waals surface area contributed by atoms with Crippen molar-refractivity contribution in [2.45, 2.75) is 46.1 Å². The van der Waals surface area contributed by atoms with Gasteiger partial charge in [0.05, 0.1) is 6.42 Å². The average molecular weight is 245 g/mol. The molecule has 100 valence electrons. The Hall–Kier alpha value is -1.10. The van der Waals surface area contributed by atoms with Crippen LogP contribution in [0.3, 0.4) is 0 Å². The van der Waals surface area contributed by atoms with Gasteiger partial charge in [-0.2, -0.15) is 0 Å². The largest absolute Gasteiger partial charge is 0.481 e. The quantitative estimate of drug-likeness (QED) is 0.678. The second-order valence-corrected chi connectivity index (χ2v) is 5.16. The number of ether oxygens (including phenoxy) is 1. The van der Waals surface area contributed by atoms with Gasteiger partial charge in [0.2, 0.25) is 5.91 Å². The van der Waals surface area contributed by atoms with Crippen LogP contribution in [0.15, 0.2) is 0 Å². The first-order valence-corrected chi connectivity index (χ1v) is 5.77. The second-order valence-electron chi connectivity index (χ2n) is 5.16. The number of aliphatic carboxylic acids is 1. The Balaban J connectivity index is 4.03. The lowest BCUT2D eigenvalue weighted by atomic mass is 9.85. The number of amides is 1. The van der Waals surface area contributed by atoms with E-state index in [0.29, 0.717) is 6.61 Å². The normalized spacial score (nSPS) is 13.2. The Kier molecular flexibility index (Phi) is 6.80. The zero-order valence-corrected chi connectivity index (χ0v) is 11.1. The summed E-state index contributed by atoms with van der Waals surface area (Å²) in [6.45, 7) is 6.06. The maximum Gasteiger partial charge on any atom is 0.303 e. The van der Waals surface area contributed by atoms with Crippen LogP contribution in [-0.2, 0) is 14.3 Å². The molecule has 0 radical (unpaired) electrons. The first kappa shape index (κ1) is 15.9. The van der Waals surface area contributed by atoms with E-state index in [2.05, 4.69) is 5.32 Å². The minimum Gasteiger partial charge on any atom is -0.481 e. The van der Waals surface area contributed by atoms with Gasteiger partial charge in [-0.15, -0.1) is 0 Å². The predicted molar refractivity (Wildman–Crippen MR) is 64.7 cm³/mol. The Morgan fingerprint density at radius 2 is 1.94 bits per heavy atom. The number of hydrogen-bond donors (Lipinski definition) is 2. The summed E-state index contributed by atoms with van der Waals surface area (Å²) in [5, 5.41) is 11.5. The van der Waals surface area contributed by atoms with Gasteiger partial charge in [0.1, 0.15) is 0 Å². The van der Waals surface area contributed by atoms with E-state index in [1.165, 1.54) is 0 Å². The Morgan fingerprint density at radius 1 is 1.35 bits per heavy atom. The van der Waals surface area contributed by atoms with Gasteiger partial charge in [0.25, 0.3) is 0 Å². The zero-order chi connectivity index (χ0) is 13.5. The maximum absolute atomic E-state index is 11.7. The van der Waals surface area contributed by atoms with Gasteiger partial charge in [-0.3, -0.25) is 9.59 Å². The predicted octanol–water partition coefficient (Wildman–Crippen LogP) is 1.42. The van der Waals surface area contributed by atoms with E-state index in [-0.39, 0.29) is 24.8 Å². The molecule has 5 heteroatoms. The van der Waals surface area contributed by atoms with Gasteiger partial charge in [-0.1, -0.05) is 13.8 Å². The van der Waals surface area contributed by atoms with Crippen molar-refractivity contribution in [3.63, 3.8) is 0 Å². The minimum atomic E-state index is -0.879. The first-order valence-electron chi connectivity index (χ1n) is 5.77. The first-order chi connectivity index (χ1) is 7.76. The summed E-state index contributed by atoms with van der Waals surface area (Å²) in [6.07, 6.45) is 0.963. The van der Waals surface area contributed by atoms with Gasteiger partial charge in [-0.05, 0) is 18.8 Å². The third-order valence-corrected chi connectivity index (χ3v) is 2.43. The van der Waals surface area contributed by atoms with Gasteiger partial charge in [0, 0.05) is 26.2 Å². The lowest BCUT2D eigenvalue weighted by molar-refractivity contribution is -0.139. The summed E-state index contributed by atoms with van der Waals surface area (Å²) in [5.74, 6) is -0.991. The van der Waals surface area contributed by atoms with Gasteiger partial charge >= 0.3 is 5.97 Å². The number of nitrogens with one attached hydrogen (secondary N) is 1. The van der Waals surface area contributed by atoms with E-state index in [1.807, 2.05) is 6.92 Å². The van der Waals surface area contributed by atoms with Crippen molar-refractivity contribution in [1.29, 1.82) is 0 Å². The molecule has 0 aliphatic rings. The fourth-order valence-corrected chi connectivity index (χ4v) is 1.60. The standard InChI is InChI=1S/C12H23NO4/c1-9(5-6-17-4)13-10(14)7-12(2,3)8-11(15)16/h9H,5-8H2,1-4H3,(H,13,14)(H,15,16). The molecule has 1 atom stereocenters. The van der Waals surface area contributed by atoms with E-state index < -0.39 is 11.4 Å². The highest BCUT2D eigenvalue weighted by Crippen LogP contribution is 2.24. The molecule has 0 aliphatic carbocycles. The smallest absolute Gasteiger partial charge is 0.303 e. The van der Waals surface area contributed by atoms with Gasteiger partial charge < -0.3 is 15.2 Å². The molecule has 0 rings (SSSR count). The van der Waals surface area contributed by atoms with Crippen LogP contribution in [0.2, 0.25) is 0 Å². The molecule has 5 nitrogen and oxygen atoms in total. The molecule has 0 fully saturated rings.